The van der Waals surface area contributed by atoms with E-state index in [2.05, 4.69) is 0 Å². The van der Waals surface area contributed by atoms with Crippen molar-refractivity contribution in [3.05, 3.63) is 35.6 Å². The quantitative estimate of drug-likeness (QED) is 0.872. The van der Waals surface area contributed by atoms with Crippen molar-refractivity contribution < 1.29 is 13.9 Å². The van der Waals surface area contributed by atoms with Crippen molar-refractivity contribution in [2.45, 2.75) is 31.8 Å². The van der Waals surface area contributed by atoms with E-state index < -0.39 is 0 Å². The highest BCUT2D eigenvalue weighted by molar-refractivity contribution is 5.79. The zero-order valence-electron chi connectivity index (χ0n) is 12.4. The van der Waals surface area contributed by atoms with E-state index in [1.807, 2.05) is 0 Å². The summed E-state index contributed by atoms with van der Waals surface area (Å²) in [4.78, 5) is 14.3. The smallest absolute Gasteiger partial charge is 0.226 e. The molecule has 1 aliphatic carbocycles. The molecule has 4 nitrogen and oxygen atoms in total. The van der Waals surface area contributed by atoms with Crippen LogP contribution in [-0.2, 0) is 16.1 Å². The monoisotopic (exact) mass is 294 g/mol. The molecule has 21 heavy (non-hydrogen) atoms. The van der Waals surface area contributed by atoms with Crippen molar-refractivity contribution in [2.24, 2.45) is 11.7 Å². The summed E-state index contributed by atoms with van der Waals surface area (Å²) in [6.45, 7) is 1.19. The van der Waals surface area contributed by atoms with Crippen LogP contribution in [0.5, 0.6) is 0 Å². The lowest BCUT2D eigenvalue weighted by Gasteiger charge is -2.25. The molecule has 116 valence electrons. The highest BCUT2D eigenvalue weighted by Gasteiger charge is 2.31. The molecule has 1 saturated carbocycles. The average molecular weight is 294 g/mol. The normalized spacial score (nSPS) is 21.5. The fourth-order valence-electron chi connectivity index (χ4n) is 2.80. The Morgan fingerprint density at radius 2 is 2.19 bits per heavy atom. The van der Waals surface area contributed by atoms with Crippen molar-refractivity contribution in [2.75, 3.05) is 20.3 Å². The van der Waals surface area contributed by atoms with E-state index in [1.54, 1.807) is 30.2 Å². The van der Waals surface area contributed by atoms with Crippen LogP contribution in [0, 0.1) is 11.7 Å². The molecule has 2 rings (SSSR count). The van der Waals surface area contributed by atoms with Gasteiger partial charge in [0.2, 0.25) is 5.91 Å². The van der Waals surface area contributed by atoms with E-state index in [1.165, 1.54) is 6.07 Å². The van der Waals surface area contributed by atoms with Crippen LogP contribution in [0.3, 0.4) is 0 Å². The van der Waals surface area contributed by atoms with Crippen LogP contribution < -0.4 is 5.73 Å². The van der Waals surface area contributed by atoms with Crippen molar-refractivity contribution in [3.63, 3.8) is 0 Å². The van der Waals surface area contributed by atoms with E-state index in [-0.39, 0.29) is 30.2 Å². The Balaban J connectivity index is 2.07. The van der Waals surface area contributed by atoms with Gasteiger partial charge in [0.25, 0.3) is 0 Å². The molecule has 0 radical (unpaired) electrons. The summed E-state index contributed by atoms with van der Waals surface area (Å²) >= 11 is 0. The van der Waals surface area contributed by atoms with Gasteiger partial charge in [0.15, 0.2) is 0 Å². The summed E-state index contributed by atoms with van der Waals surface area (Å²) in [6, 6.07) is 6.67. The molecule has 0 bridgehead atoms. The summed E-state index contributed by atoms with van der Waals surface area (Å²) in [7, 11) is 1.59. The molecule has 0 aliphatic heterocycles. The van der Waals surface area contributed by atoms with E-state index in [9.17, 15) is 9.18 Å². The predicted octanol–water partition coefficient (Wildman–Crippen LogP) is 1.93. The number of amides is 1. The lowest BCUT2D eigenvalue weighted by molar-refractivity contribution is -0.136. The molecule has 2 atom stereocenters. The first kappa shape index (κ1) is 15.9. The zero-order valence-corrected chi connectivity index (χ0v) is 12.4. The van der Waals surface area contributed by atoms with Gasteiger partial charge in [0, 0.05) is 37.7 Å². The predicted molar refractivity (Wildman–Crippen MR) is 79.0 cm³/mol. The largest absolute Gasteiger partial charge is 0.383 e. The first-order chi connectivity index (χ1) is 10.1. The van der Waals surface area contributed by atoms with Crippen LogP contribution in [0.15, 0.2) is 24.3 Å². The number of methoxy groups -OCH3 is 1. The standard InChI is InChI=1S/C16H23FN2O2/c1-21-9-8-19(11-13-4-2-3-5-15(13)17)16(20)12-6-7-14(18)10-12/h2-5,12,14H,6-11,18H2,1H3/t12-,14+/m0/s1. The van der Waals surface area contributed by atoms with Crippen LogP contribution in [0.2, 0.25) is 0 Å². The fourth-order valence-corrected chi connectivity index (χ4v) is 2.80. The molecule has 1 aliphatic rings. The number of benzene rings is 1. The molecule has 1 fully saturated rings. The third-order valence-corrected chi connectivity index (χ3v) is 4.02. The first-order valence-corrected chi connectivity index (χ1v) is 7.38. The molecule has 1 aromatic rings. The second-order valence-corrected chi connectivity index (χ2v) is 5.61. The number of hydrogen-bond donors (Lipinski definition) is 1. The Morgan fingerprint density at radius 1 is 1.43 bits per heavy atom. The maximum Gasteiger partial charge on any atom is 0.226 e. The number of rotatable bonds is 6. The summed E-state index contributed by atoms with van der Waals surface area (Å²) in [5.74, 6) is -0.261. The van der Waals surface area contributed by atoms with Crippen LogP contribution in [0.1, 0.15) is 24.8 Å². The van der Waals surface area contributed by atoms with Crippen molar-refractivity contribution in [1.29, 1.82) is 0 Å². The average Bonchev–Trinajstić information content (AvgIpc) is 2.91. The summed E-state index contributed by atoms with van der Waals surface area (Å²) in [5, 5.41) is 0. The van der Waals surface area contributed by atoms with Gasteiger partial charge in [-0.05, 0) is 25.3 Å². The van der Waals surface area contributed by atoms with E-state index >= 15 is 0 Å². The molecule has 1 aromatic carbocycles. The van der Waals surface area contributed by atoms with Gasteiger partial charge >= 0.3 is 0 Å². The topological polar surface area (TPSA) is 55.6 Å². The van der Waals surface area contributed by atoms with Gasteiger partial charge in [-0.2, -0.15) is 0 Å². The van der Waals surface area contributed by atoms with E-state index in [0.717, 1.165) is 19.3 Å². The SMILES string of the molecule is COCCN(Cc1ccccc1F)C(=O)[C@H]1CC[C@@H](N)C1. The maximum atomic E-state index is 13.8. The molecule has 5 heteroatoms. The number of hydrogen-bond acceptors (Lipinski definition) is 3. The zero-order chi connectivity index (χ0) is 15.2. The van der Waals surface area contributed by atoms with Gasteiger partial charge in [-0.25, -0.2) is 4.39 Å². The van der Waals surface area contributed by atoms with E-state index in [4.69, 9.17) is 10.5 Å². The van der Waals surface area contributed by atoms with E-state index in [0.29, 0.717) is 18.7 Å². The minimum Gasteiger partial charge on any atom is -0.383 e. The van der Waals surface area contributed by atoms with Crippen LogP contribution >= 0.6 is 0 Å². The Morgan fingerprint density at radius 3 is 2.81 bits per heavy atom. The Kier molecular flexibility index (Phi) is 5.70. The number of ether oxygens (including phenoxy) is 1. The van der Waals surface area contributed by atoms with Crippen molar-refractivity contribution >= 4 is 5.91 Å². The Labute approximate surface area is 125 Å². The molecule has 0 heterocycles. The van der Waals surface area contributed by atoms with Gasteiger partial charge in [0.1, 0.15) is 5.82 Å². The molecule has 0 unspecified atom stereocenters. The highest BCUT2D eigenvalue weighted by Crippen LogP contribution is 2.26. The fraction of sp³-hybridized carbons (Fsp3) is 0.562. The number of carbonyl (C=O) groups is 1. The maximum absolute atomic E-state index is 13.8. The molecule has 0 aromatic heterocycles. The number of nitrogens with two attached hydrogens (primary N) is 1. The third kappa shape index (κ3) is 4.25. The second kappa shape index (κ2) is 7.52. The number of halogens is 1. The summed E-state index contributed by atoms with van der Waals surface area (Å²) in [5.41, 5.74) is 6.42. The molecule has 2 N–H and O–H groups in total. The Bertz CT molecular complexity index is 481. The molecule has 0 spiro atoms. The lowest BCUT2D eigenvalue weighted by atomic mass is 10.1. The van der Waals surface area contributed by atoms with Crippen LogP contribution in [-0.4, -0.2) is 37.1 Å². The van der Waals surface area contributed by atoms with Gasteiger partial charge in [0.05, 0.1) is 6.61 Å². The van der Waals surface area contributed by atoms with Crippen molar-refractivity contribution in [1.82, 2.24) is 4.90 Å². The molecular formula is C16H23FN2O2. The minimum atomic E-state index is -0.282. The Hall–Kier alpha value is -1.46. The van der Waals surface area contributed by atoms with Gasteiger partial charge < -0.3 is 15.4 Å². The van der Waals surface area contributed by atoms with Gasteiger partial charge in [-0.15, -0.1) is 0 Å². The van der Waals surface area contributed by atoms with Crippen LogP contribution in [0.25, 0.3) is 0 Å². The molecule has 0 saturated heterocycles. The van der Waals surface area contributed by atoms with Gasteiger partial charge in [-0.1, -0.05) is 18.2 Å². The highest BCUT2D eigenvalue weighted by atomic mass is 19.1. The molecule has 1 amide bonds. The third-order valence-electron chi connectivity index (χ3n) is 4.02. The first-order valence-electron chi connectivity index (χ1n) is 7.38. The molecular weight excluding hydrogens is 271 g/mol. The summed E-state index contributed by atoms with van der Waals surface area (Å²) in [6.07, 6.45) is 2.43. The van der Waals surface area contributed by atoms with Crippen LogP contribution in [0.4, 0.5) is 4.39 Å². The summed E-state index contributed by atoms with van der Waals surface area (Å²) < 4.78 is 18.8. The second-order valence-electron chi connectivity index (χ2n) is 5.61. The number of carbonyl (C=O) groups excluding carboxylic acids is 1. The number of nitrogens with zero attached hydrogens (tertiary/aromatic N) is 1. The van der Waals surface area contributed by atoms with Crippen molar-refractivity contribution in [3.8, 4) is 0 Å². The minimum absolute atomic E-state index is 0.0383. The van der Waals surface area contributed by atoms with Gasteiger partial charge in [-0.3, -0.25) is 4.79 Å². The lowest BCUT2D eigenvalue weighted by Crippen LogP contribution is -2.37.